The van der Waals surface area contributed by atoms with Gasteiger partial charge in [0.15, 0.2) is 5.78 Å². The molecule has 2 aliphatic heterocycles. The van der Waals surface area contributed by atoms with E-state index in [1.807, 2.05) is 61.5 Å². The maximum Gasteiger partial charge on any atom is 0.264 e. The molecule has 1 atom stereocenters. The van der Waals surface area contributed by atoms with Crippen molar-refractivity contribution >= 4 is 17.8 Å². The summed E-state index contributed by atoms with van der Waals surface area (Å²) in [5, 5.41) is 10.2. The van der Waals surface area contributed by atoms with E-state index < -0.39 is 5.60 Å². The zero-order chi connectivity index (χ0) is 20.9. The monoisotopic (exact) mass is 399 g/mol. The molecule has 0 spiro atoms. The van der Waals surface area contributed by atoms with E-state index in [-0.39, 0.29) is 16.3 Å². The van der Waals surface area contributed by atoms with Crippen LogP contribution in [-0.4, -0.2) is 33.1 Å². The van der Waals surface area contributed by atoms with Gasteiger partial charge in [-0.05, 0) is 31.9 Å². The molecule has 0 bridgehead atoms. The fourth-order valence-electron chi connectivity index (χ4n) is 4.43. The van der Waals surface area contributed by atoms with Crippen LogP contribution in [-0.2, 0) is 0 Å². The van der Waals surface area contributed by atoms with Crippen LogP contribution < -0.4 is 5.84 Å². The summed E-state index contributed by atoms with van der Waals surface area (Å²) in [7, 11) is 0. The van der Waals surface area contributed by atoms with Gasteiger partial charge in [0.1, 0.15) is 11.9 Å². The minimum atomic E-state index is -0.651. The Morgan fingerprint density at radius 2 is 1.77 bits per heavy atom. The number of benzene rings is 2. The molecule has 0 saturated heterocycles. The highest BCUT2D eigenvalue weighted by molar-refractivity contribution is 6.09. The van der Waals surface area contributed by atoms with Gasteiger partial charge in [0.25, 0.3) is 5.84 Å². The predicted molar refractivity (Wildman–Crippen MR) is 115 cm³/mol. The van der Waals surface area contributed by atoms with Crippen molar-refractivity contribution in [3.63, 3.8) is 0 Å². The highest BCUT2D eigenvalue weighted by Gasteiger charge is 2.50. The molecule has 0 amide bonds. The number of quaternary nitrogens is 1. The fraction of sp³-hybridized carbons (Fsp3) is 0.208. The van der Waals surface area contributed by atoms with Crippen LogP contribution in [0, 0.1) is 5.92 Å². The van der Waals surface area contributed by atoms with Crippen molar-refractivity contribution in [2.24, 2.45) is 21.7 Å². The Labute approximate surface area is 174 Å². The number of aliphatic hydroxyl groups is 1. The molecule has 2 heterocycles. The summed E-state index contributed by atoms with van der Waals surface area (Å²) in [6.07, 6.45) is 6.55. The molecule has 1 unspecified atom stereocenters. The third kappa shape index (κ3) is 2.97. The number of rotatable bonds is 4. The van der Waals surface area contributed by atoms with Gasteiger partial charge in [0, 0.05) is 17.0 Å². The Morgan fingerprint density at radius 1 is 1.10 bits per heavy atom. The van der Waals surface area contributed by atoms with Gasteiger partial charge in [-0.15, -0.1) is 4.59 Å². The van der Waals surface area contributed by atoms with Crippen molar-refractivity contribution < 1.29 is 14.5 Å². The van der Waals surface area contributed by atoms with Crippen LogP contribution in [0.2, 0.25) is 0 Å². The van der Waals surface area contributed by atoms with E-state index in [4.69, 9.17) is 10.8 Å². The lowest BCUT2D eigenvalue weighted by Gasteiger charge is -2.40. The lowest BCUT2D eigenvalue weighted by molar-refractivity contribution is -0.750. The maximum absolute atomic E-state index is 12.7. The zero-order valence-electron chi connectivity index (χ0n) is 16.7. The van der Waals surface area contributed by atoms with E-state index in [0.717, 1.165) is 17.0 Å². The van der Waals surface area contributed by atoms with Gasteiger partial charge in [-0.1, -0.05) is 42.5 Å². The Balaban J connectivity index is 1.47. The normalized spacial score (nSPS) is 29.4. The lowest BCUT2D eigenvalue weighted by Crippen LogP contribution is -2.53. The van der Waals surface area contributed by atoms with Crippen LogP contribution in [0.3, 0.4) is 0 Å². The Hall–Kier alpha value is -3.19. The number of hydrogen-bond acceptors (Lipinski definition) is 5. The highest BCUT2D eigenvalue weighted by atomic mass is 16.3. The molecule has 1 fully saturated rings. The molecule has 1 aliphatic carbocycles. The Bertz CT molecular complexity index is 1140. The molecule has 2 aromatic carbocycles. The van der Waals surface area contributed by atoms with Crippen molar-refractivity contribution in [2.75, 3.05) is 0 Å². The molecule has 3 aliphatic rings. The van der Waals surface area contributed by atoms with E-state index in [9.17, 15) is 9.90 Å². The number of amidine groups is 1. The SMILES string of the molecule is CC1(O)CC(C2=C3C=NC=C[N+]3(N)C(c3ccc(C(=O)c4ccccc4)cc3)=N2)C1. The number of nitrogens with zero attached hydrogens (tertiary/aromatic N) is 3. The minimum Gasteiger partial charge on any atom is -0.390 e. The van der Waals surface area contributed by atoms with Crippen LogP contribution in [0.15, 0.2) is 88.4 Å². The van der Waals surface area contributed by atoms with Crippen molar-refractivity contribution in [3.05, 3.63) is 95.1 Å². The number of hydrogen-bond donors (Lipinski definition) is 2. The standard InChI is InChI=1S/C24H23N4O2/c1-24(30)13-19(14-24)21-20-15-26-11-12-28(20,25)23(27-21)18-9-7-17(8-10-18)22(29)16-5-3-2-4-6-16/h2-12,15,19,30H,13-14,25H2,1H3/q+1. The molecular weight excluding hydrogens is 376 g/mol. The van der Waals surface area contributed by atoms with Gasteiger partial charge in [-0.2, -0.15) is 10.8 Å². The zero-order valence-corrected chi connectivity index (χ0v) is 16.7. The van der Waals surface area contributed by atoms with Crippen molar-refractivity contribution in [3.8, 4) is 0 Å². The average molecular weight is 399 g/mol. The molecule has 150 valence electrons. The van der Waals surface area contributed by atoms with Crippen LogP contribution in [0.25, 0.3) is 0 Å². The molecule has 5 rings (SSSR count). The Kier molecular flexibility index (Phi) is 4.18. The smallest absolute Gasteiger partial charge is 0.264 e. The molecular formula is C24H23N4O2+. The molecule has 0 aromatic heterocycles. The molecule has 6 heteroatoms. The quantitative estimate of drug-likeness (QED) is 0.470. The number of carbonyl (C=O) groups is 1. The number of ketones is 1. The van der Waals surface area contributed by atoms with Crippen molar-refractivity contribution in [2.45, 2.75) is 25.4 Å². The predicted octanol–water partition coefficient (Wildman–Crippen LogP) is 3.30. The second kappa shape index (κ2) is 6.67. The van der Waals surface area contributed by atoms with Gasteiger partial charge < -0.3 is 5.11 Å². The van der Waals surface area contributed by atoms with Crippen LogP contribution in [0.4, 0.5) is 0 Å². The second-order valence-electron chi connectivity index (χ2n) is 8.43. The first-order chi connectivity index (χ1) is 14.4. The number of allylic oxidation sites excluding steroid dienone is 2. The van der Waals surface area contributed by atoms with E-state index in [2.05, 4.69) is 4.99 Å². The Morgan fingerprint density at radius 3 is 2.43 bits per heavy atom. The van der Waals surface area contributed by atoms with Gasteiger partial charge in [0.05, 0.1) is 23.6 Å². The number of nitrogens with two attached hydrogens (primary N) is 1. The minimum absolute atomic E-state index is 0.0200. The summed E-state index contributed by atoms with van der Waals surface area (Å²) in [5.74, 6) is 7.57. The van der Waals surface area contributed by atoms with Crippen molar-refractivity contribution in [1.82, 2.24) is 0 Å². The van der Waals surface area contributed by atoms with Gasteiger partial charge in [-0.3, -0.25) is 9.79 Å². The van der Waals surface area contributed by atoms with Gasteiger partial charge in [-0.25, -0.2) is 0 Å². The summed E-state index contributed by atoms with van der Waals surface area (Å²) >= 11 is 0. The lowest BCUT2D eigenvalue weighted by atomic mass is 9.70. The average Bonchev–Trinajstić information content (AvgIpc) is 3.05. The van der Waals surface area contributed by atoms with Gasteiger partial charge >= 0.3 is 0 Å². The summed E-state index contributed by atoms with van der Waals surface area (Å²) in [4.78, 5) is 21.9. The van der Waals surface area contributed by atoms with Crippen LogP contribution in [0.5, 0.6) is 0 Å². The fourth-order valence-corrected chi connectivity index (χ4v) is 4.43. The van der Waals surface area contributed by atoms with E-state index in [1.54, 1.807) is 18.6 Å². The first-order valence-electron chi connectivity index (χ1n) is 10.0. The molecule has 6 nitrogen and oxygen atoms in total. The van der Waals surface area contributed by atoms with Crippen molar-refractivity contribution in [1.29, 1.82) is 0 Å². The van der Waals surface area contributed by atoms with Crippen LogP contribution >= 0.6 is 0 Å². The van der Waals surface area contributed by atoms with E-state index >= 15 is 0 Å². The third-order valence-electron chi connectivity index (χ3n) is 6.02. The molecule has 3 N–H and O–H groups in total. The molecule has 0 radical (unpaired) electrons. The van der Waals surface area contributed by atoms with Crippen LogP contribution in [0.1, 0.15) is 41.3 Å². The topological polar surface area (TPSA) is 88.0 Å². The second-order valence-corrected chi connectivity index (χ2v) is 8.43. The largest absolute Gasteiger partial charge is 0.390 e. The summed E-state index contributed by atoms with van der Waals surface area (Å²) in [6.45, 7) is 1.84. The molecule has 30 heavy (non-hydrogen) atoms. The third-order valence-corrected chi connectivity index (χ3v) is 6.02. The number of carbonyl (C=O) groups excluding carboxylic acids is 1. The maximum atomic E-state index is 12.7. The summed E-state index contributed by atoms with van der Waals surface area (Å²) in [6, 6.07) is 16.6. The van der Waals surface area contributed by atoms with E-state index in [0.29, 0.717) is 29.8 Å². The molecule has 1 saturated carbocycles. The van der Waals surface area contributed by atoms with Gasteiger partial charge in [0.2, 0.25) is 5.70 Å². The number of aliphatic imine (C=N–C) groups is 2. The first-order valence-corrected chi connectivity index (χ1v) is 10.0. The summed E-state index contributed by atoms with van der Waals surface area (Å²) < 4.78 is -0.0521. The molecule has 2 aromatic rings. The first kappa shape index (κ1) is 18.8. The van der Waals surface area contributed by atoms with E-state index in [1.165, 1.54) is 0 Å². The highest BCUT2D eigenvalue weighted by Crippen LogP contribution is 2.46. The summed E-state index contributed by atoms with van der Waals surface area (Å²) in [5.41, 5.74) is 3.19. The number of fused-ring (bicyclic) bond motifs is 1.